The number of rotatable bonds is 4. The number of nitro groups is 1. The Kier molecular flexibility index (Phi) is 5.30. The summed E-state index contributed by atoms with van der Waals surface area (Å²) in [6, 6.07) is 6.36. The zero-order valence-electron chi connectivity index (χ0n) is 16.4. The molecule has 1 aromatic carbocycles. The van der Waals surface area contributed by atoms with Gasteiger partial charge in [-0.2, -0.15) is 0 Å². The van der Waals surface area contributed by atoms with Gasteiger partial charge in [-0.15, -0.1) is 0 Å². The van der Waals surface area contributed by atoms with Gasteiger partial charge in [-0.25, -0.2) is 0 Å². The predicted molar refractivity (Wildman–Crippen MR) is 107 cm³/mol. The molecule has 1 unspecified atom stereocenters. The zero-order chi connectivity index (χ0) is 20.5. The minimum Gasteiger partial charge on any atom is -0.462 e. The van der Waals surface area contributed by atoms with Gasteiger partial charge in [-0.3, -0.25) is 24.7 Å². The van der Waals surface area contributed by atoms with E-state index in [9.17, 15) is 19.7 Å². The van der Waals surface area contributed by atoms with Crippen LogP contribution in [0.3, 0.4) is 0 Å². The number of para-hydroxylation sites is 1. The normalized spacial score (nSPS) is 24.9. The molecule has 4 rings (SSSR count). The van der Waals surface area contributed by atoms with Gasteiger partial charge in [0.15, 0.2) is 5.78 Å². The van der Waals surface area contributed by atoms with Crippen LogP contribution in [0.15, 0.2) is 40.5 Å². The first-order valence-corrected chi connectivity index (χ1v) is 10.2. The molecule has 152 valence electrons. The lowest BCUT2D eigenvalue weighted by Gasteiger charge is -2.34. The monoisotopic (exact) mass is 396 g/mol. The number of carbonyl (C=O) groups is 2. The SMILES string of the molecule is CC1=NC2=C(C(=O)CCC2)[C@@H](c2ccccc2[N+](=O)[O-])C1C(=O)OC1CCCC1. The van der Waals surface area contributed by atoms with Crippen LogP contribution in [0.1, 0.15) is 63.4 Å². The fourth-order valence-corrected chi connectivity index (χ4v) is 4.81. The molecule has 0 amide bonds. The van der Waals surface area contributed by atoms with Crippen LogP contribution in [0.4, 0.5) is 5.69 Å². The molecule has 1 heterocycles. The fraction of sp³-hybridized carbons (Fsp3) is 0.500. The molecule has 0 radical (unpaired) electrons. The Bertz CT molecular complexity index is 927. The summed E-state index contributed by atoms with van der Waals surface area (Å²) in [5.74, 6) is -2.07. The summed E-state index contributed by atoms with van der Waals surface area (Å²) in [7, 11) is 0. The number of ketones is 1. The first-order valence-electron chi connectivity index (χ1n) is 10.2. The quantitative estimate of drug-likeness (QED) is 0.430. The number of hydrogen-bond donors (Lipinski definition) is 0. The van der Waals surface area contributed by atoms with E-state index in [0.717, 1.165) is 25.7 Å². The molecule has 1 fully saturated rings. The Morgan fingerprint density at radius 3 is 2.62 bits per heavy atom. The summed E-state index contributed by atoms with van der Waals surface area (Å²) in [5, 5.41) is 11.7. The van der Waals surface area contributed by atoms with Gasteiger partial charge >= 0.3 is 5.97 Å². The lowest BCUT2D eigenvalue weighted by molar-refractivity contribution is -0.385. The van der Waals surface area contributed by atoms with Crippen LogP contribution in [0.5, 0.6) is 0 Å². The van der Waals surface area contributed by atoms with Crippen molar-refractivity contribution in [2.24, 2.45) is 10.9 Å². The van der Waals surface area contributed by atoms with E-state index in [0.29, 0.717) is 41.8 Å². The van der Waals surface area contributed by atoms with E-state index >= 15 is 0 Å². The number of ether oxygens (including phenoxy) is 1. The number of benzene rings is 1. The summed E-state index contributed by atoms with van der Waals surface area (Å²) in [6.45, 7) is 1.76. The van der Waals surface area contributed by atoms with Gasteiger partial charge in [0.25, 0.3) is 5.69 Å². The van der Waals surface area contributed by atoms with Gasteiger partial charge in [-0.1, -0.05) is 18.2 Å². The van der Waals surface area contributed by atoms with Gasteiger partial charge in [0.05, 0.1) is 4.92 Å². The minimum atomic E-state index is -0.822. The molecule has 2 aliphatic carbocycles. The van der Waals surface area contributed by atoms with Gasteiger partial charge in [-0.05, 0) is 45.4 Å². The van der Waals surface area contributed by atoms with Gasteiger partial charge < -0.3 is 4.74 Å². The standard InChI is InChI=1S/C22H24N2O5/c1-13-19(22(26)29-14-7-2-3-8-14)20(15-9-4-5-11-17(15)24(27)28)21-16(23-13)10-6-12-18(21)25/h4-5,9,11,14,19-20H,2-3,6-8,10,12H2,1H3/t19?,20-/m0/s1. The third kappa shape index (κ3) is 3.61. The van der Waals surface area contributed by atoms with E-state index in [1.807, 2.05) is 0 Å². The van der Waals surface area contributed by atoms with Crippen molar-refractivity contribution in [3.05, 3.63) is 51.2 Å². The second-order valence-electron chi connectivity index (χ2n) is 8.00. The maximum absolute atomic E-state index is 13.2. The van der Waals surface area contributed by atoms with Crippen molar-refractivity contribution in [3.8, 4) is 0 Å². The number of hydrogen-bond acceptors (Lipinski definition) is 6. The molecule has 7 nitrogen and oxygen atoms in total. The summed E-state index contributed by atoms with van der Waals surface area (Å²) >= 11 is 0. The smallest absolute Gasteiger partial charge is 0.315 e. The molecular formula is C22H24N2O5. The highest BCUT2D eigenvalue weighted by Gasteiger charge is 2.45. The van der Waals surface area contributed by atoms with E-state index in [1.54, 1.807) is 25.1 Å². The number of nitrogens with zero attached hydrogens (tertiary/aromatic N) is 2. The van der Waals surface area contributed by atoms with E-state index in [-0.39, 0.29) is 17.6 Å². The molecule has 0 saturated heterocycles. The molecule has 0 aromatic heterocycles. The average Bonchev–Trinajstić information content (AvgIpc) is 3.20. The number of nitro benzene ring substituents is 1. The predicted octanol–water partition coefficient (Wildman–Crippen LogP) is 4.26. The van der Waals surface area contributed by atoms with Crippen molar-refractivity contribution in [2.45, 2.75) is 63.9 Å². The van der Waals surface area contributed by atoms with Crippen molar-refractivity contribution in [1.82, 2.24) is 0 Å². The third-order valence-electron chi connectivity index (χ3n) is 6.14. The largest absolute Gasteiger partial charge is 0.462 e. The van der Waals surface area contributed by atoms with Crippen molar-refractivity contribution < 1.29 is 19.2 Å². The summed E-state index contributed by atoms with van der Waals surface area (Å²) in [5.41, 5.74) is 1.96. The Labute approximate surface area is 169 Å². The molecule has 1 aromatic rings. The lowest BCUT2D eigenvalue weighted by atomic mass is 9.71. The second kappa shape index (κ2) is 7.89. The maximum Gasteiger partial charge on any atom is 0.315 e. The molecule has 7 heteroatoms. The number of carbonyl (C=O) groups excluding carboxylic acids is 2. The molecule has 2 atom stereocenters. The van der Waals surface area contributed by atoms with E-state index in [1.165, 1.54) is 6.07 Å². The highest BCUT2D eigenvalue weighted by atomic mass is 16.6. The summed E-state index contributed by atoms with van der Waals surface area (Å²) < 4.78 is 5.76. The van der Waals surface area contributed by atoms with Crippen molar-refractivity contribution in [3.63, 3.8) is 0 Å². The Morgan fingerprint density at radius 2 is 1.90 bits per heavy atom. The van der Waals surface area contributed by atoms with Gasteiger partial charge in [0.1, 0.15) is 12.0 Å². The van der Waals surface area contributed by atoms with Gasteiger partial charge in [0, 0.05) is 41.0 Å². The minimum absolute atomic E-state index is 0.0793. The number of esters is 1. The molecule has 3 aliphatic rings. The van der Waals surface area contributed by atoms with Crippen molar-refractivity contribution >= 4 is 23.2 Å². The molecule has 1 aliphatic heterocycles. The Hall–Kier alpha value is -2.83. The van der Waals surface area contributed by atoms with Crippen LogP contribution in [0, 0.1) is 16.0 Å². The van der Waals surface area contributed by atoms with E-state index < -0.39 is 22.7 Å². The lowest BCUT2D eigenvalue weighted by Crippen LogP contribution is -2.38. The first kappa shape index (κ1) is 19.5. The van der Waals surface area contributed by atoms with Crippen molar-refractivity contribution in [1.29, 1.82) is 0 Å². The molecule has 0 spiro atoms. The Balaban J connectivity index is 1.82. The van der Waals surface area contributed by atoms with Crippen LogP contribution in [-0.2, 0) is 14.3 Å². The number of aliphatic imine (C=N–C) groups is 1. The molecule has 0 bridgehead atoms. The van der Waals surface area contributed by atoms with E-state index in [2.05, 4.69) is 4.99 Å². The van der Waals surface area contributed by atoms with Crippen LogP contribution in [-0.4, -0.2) is 28.5 Å². The summed E-state index contributed by atoms with van der Waals surface area (Å²) in [4.78, 5) is 41.9. The van der Waals surface area contributed by atoms with Gasteiger partial charge in [0.2, 0.25) is 0 Å². The fourth-order valence-electron chi connectivity index (χ4n) is 4.81. The first-order chi connectivity index (χ1) is 14.0. The Morgan fingerprint density at radius 1 is 1.17 bits per heavy atom. The second-order valence-corrected chi connectivity index (χ2v) is 8.00. The zero-order valence-corrected chi connectivity index (χ0v) is 16.4. The van der Waals surface area contributed by atoms with E-state index in [4.69, 9.17) is 4.74 Å². The highest BCUT2D eigenvalue weighted by molar-refractivity contribution is 6.09. The average molecular weight is 396 g/mol. The molecule has 0 N–H and O–H groups in total. The van der Waals surface area contributed by atoms with Crippen LogP contribution < -0.4 is 0 Å². The van der Waals surface area contributed by atoms with Crippen LogP contribution >= 0.6 is 0 Å². The van der Waals surface area contributed by atoms with Crippen molar-refractivity contribution in [2.75, 3.05) is 0 Å². The number of Topliss-reactive ketones (excluding diaryl/α,β-unsaturated/α-hetero) is 1. The summed E-state index contributed by atoms with van der Waals surface area (Å²) in [6.07, 6.45) is 5.30. The van der Waals surface area contributed by atoms with Crippen LogP contribution in [0.2, 0.25) is 0 Å². The topological polar surface area (TPSA) is 98.9 Å². The van der Waals surface area contributed by atoms with Crippen LogP contribution in [0.25, 0.3) is 0 Å². The highest BCUT2D eigenvalue weighted by Crippen LogP contribution is 2.46. The third-order valence-corrected chi connectivity index (χ3v) is 6.14. The maximum atomic E-state index is 13.2. The molecular weight excluding hydrogens is 372 g/mol. The molecule has 29 heavy (non-hydrogen) atoms. The number of allylic oxidation sites excluding steroid dienone is 2. The molecule has 1 saturated carbocycles.